The molecule has 0 atom stereocenters. The maximum absolute atomic E-state index is 13.2. The van der Waals surface area contributed by atoms with Crippen molar-refractivity contribution in [2.45, 2.75) is 5.16 Å². The van der Waals surface area contributed by atoms with Gasteiger partial charge in [0.25, 0.3) is 5.91 Å². The number of fused-ring (bicyclic) bond motifs is 1. The Labute approximate surface area is 156 Å². The van der Waals surface area contributed by atoms with Gasteiger partial charge in [-0.15, -0.1) is 0 Å². The molecule has 2 heterocycles. The molecule has 136 valence electrons. The average molecular weight is 383 g/mol. The van der Waals surface area contributed by atoms with E-state index in [4.69, 9.17) is 0 Å². The monoisotopic (exact) mass is 383 g/mol. The lowest BCUT2D eigenvalue weighted by Gasteiger charge is -2.11. The first kappa shape index (κ1) is 17.1. The van der Waals surface area contributed by atoms with Crippen molar-refractivity contribution in [3.05, 3.63) is 70.7 Å². The number of carbonyl (C=O) groups excluding carboxylic acids is 1. The molecule has 4 aromatic rings. The van der Waals surface area contributed by atoms with Gasteiger partial charge in [0.15, 0.2) is 5.16 Å². The van der Waals surface area contributed by atoms with E-state index in [-0.39, 0.29) is 17.4 Å². The highest BCUT2D eigenvalue weighted by molar-refractivity contribution is 7.98. The second-order valence-electron chi connectivity index (χ2n) is 5.74. The number of aromatic nitrogens is 4. The highest BCUT2D eigenvalue weighted by atomic mass is 32.2. The lowest BCUT2D eigenvalue weighted by atomic mass is 10.2. The second kappa shape index (κ2) is 6.76. The van der Waals surface area contributed by atoms with Crippen molar-refractivity contribution < 1.29 is 9.18 Å². The van der Waals surface area contributed by atoms with Gasteiger partial charge >= 0.3 is 5.69 Å². The maximum atomic E-state index is 13.2. The Morgan fingerprint density at radius 2 is 1.89 bits per heavy atom. The molecule has 0 aliphatic heterocycles. The van der Waals surface area contributed by atoms with Crippen LogP contribution in [0.3, 0.4) is 0 Å². The lowest BCUT2D eigenvalue weighted by molar-refractivity contribution is 0.102. The fraction of sp³-hybridized carbons (Fsp3) is 0.0556. The molecule has 0 saturated heterocycles. The molecular weight excluding hydrogens is 369 g/mol. The molecule has 2 aromatic carbocycles. The summed E-state index contributed by atoms with van der Waals surface area (Å²) >= 11 is 1.38. The molecule has 27 heavy (non-hydrogen) atoms. The third kappa shape index (κ3) is 3.24. The standard InChI is InChI=1S/C18H14FN5O2S/c1-27-18-20-9-15(24(18)12-5-2-10(19)3-6-12)16(25)21-11-4-7-13-14(8-11)23-17(26)22-13/h2-9H,1H3,(H,21,25)(H2,22,23,26). The molecule has 0 fully saturated rings. The summed E-state index contributed by atoms with van der Waals surface area (Å²) in [5, 5.41) is 3.41. The van der Waals surface area contributed by atoms with E-state index in [0.29, 0.717) is 33.3 Å². The SMILES string of the molecule is CSc1ncc(C(=O)Nc2ccc3[nH]c(=O)[nH]c3c2)n1-c1ccc(F)cc1. The predicted molar refractivity (Wildman–Crippen MR) is 102 cm³/mol. The van der Waals surface area contributed by atoms with Crippen molar-refractivity contribution in [2.75, 3.05) is 11.6 Å². The Morgan fingerprint density at radius 3 is 2.63 bits per heavy atom. The van der Waals surface area contributed by atoms with Crippen LogP contribution < -0.4 is 11.0 Å². The van der Waals surface area contributed by atoms with Crippen LogP contribution in [0.25, 0.3) is 16.7 Å². The molecule has 3 N–H and O–H groups in total. The normalized spacial score (nSPS) is 11.0. The van der Waals surface area contributed by atoms with E-state index in [1.807, 2.05) is 6.26 Å². The third-order valence-electron chi connectivity index (χ3n) is 4.00. The van der Waals surface area contributed by atoms with Gasteiger partial charge in [0.05, 0.1) is 17.2 Å². The molecule has 1 amide bonds. The minimum absolute atomic E-state index is 0.313. The summed E-state index contributed by atoms with van der Waals surface area (Å²) in [6.07, 6.45) is 3.32. The molecule has 0 aliphatic carbocycles. The highest BCUT2D eigenvalue weighted by Gasteiger charge is 2.18. The van der Waals surface area contributed by atoms with Crippen LogP contribution in [0.2, 0.25) is 0 Å². The third-order valence-corrected chi connectivity index (χ3v) is 4.66. The number of benzene rings is 2. The summed E-state index contributed by atoms with van der Waals surface area (Å²) in [7, 11) is 0. The van der Waals surface area contributed by atoms with Gasteiger partial charge < -0.3 is 15.3 Å². The summed E-state index contributed by atoms with van der Waals surface area (Å²) in [5.74, 6) is -0.728. The van der Waals surface area contributed by atoms with Crippen molar-refractivity contribution in [3.8, 4) is 5.69 Å². The minimum Gasteiger partial charge on any atom is -0.321 e. The van der Waals surface area contributed by atoms with Crippen LogP contribution in [0.15, 0.2) is 58.6 Å². The molecule has 9 heteroatoms. The van der Waals surface area contributed by atoms with Crippen molar-refractivity contribution >= 4 is 34.4 Å². The van der Waals surface area contributed by atoms with Gasteiger partial charge in [-0.05, 0) is 48.7 Å². The second-order valence-corrected chi connectivity index (χ2v) is 6.51. The highest BCUT2D eigenvalue weighted by Crippen LogP contribution is 2.23. The fourth-order valence-electron chi connectivity index (χ4n) is 2.78. The Kier molecular flexibility index (Phi) is 4.28. The molecular formula is C18H14FN5O2S. The van der Waals surface area contributed by atoms with E-state index in [1.54, 1.807) is 34.9 Å². The first-order valence-electron chi connectivity index (χ1n) is 7.96. The predicted octanol–water partition coefficient (Wildman–Crippen LogP) is 3.16. The molecule has 0 unspecified atom stereocenters. The molecule has 0 saturated carbocycles. The van der Waals surface area contributed by atoms with Crippen molar-refractivity contribution in [1.29, 1.82) is 0 Å². The molecule has 0 aliphatic rings. The summed E-state index contributed by atoms with van der Waals surface area (Å²) in [4.78, 5) is 33.7. The van der Waals surface area contributed by atoms with Crippen LogP contribution in [-0.2, 0) is 0 Å². The summed E-state index contributed by atoms with van der Waals surface area (Å²) < 4.78 is 14.9. The van der Waals surface area contributed by atoms with Gasteiger partial charge in [0, 0.05) is 11.4 Å². The van der Waals surface area contributed by atoms with E-state index in [2.05, 4.69) is 20.3 Å². The number of anilines is 1. The zero-order valence-electron chi connectivity index (χ0n) is 14.1. The van der Waals surface area contributed by atoms with Crippen LogP contribution in [0.5, 0.6) is 0 Å². The maximum Gasteiger partial charge on any atom is 0.323 e. The molecule has 0 spiro atoms. The number of carbonyl (C=O) groups is 1. The zero-order valence-corrected chi connectivity index (χ0v) is 14.9. The van der Waals surface area contributed by atoms with E-state index in [1.165, 1.54) is 30.1 Å². The van der Waals surface area contributed by atoms with Gasteiger partial charge in [-0.1, -0.05) is 11.8 Å². The molecule has 0 bridgehead atoms. The Morgan fingerprint density at radius 1 is 1.15 bits per heavy atom. The van der Waals surface area contributed by atoms with Gasteiger partial charge in [-0.3, -0.25) is 9.36 Å². The first-order chi connectivity index (χ1) is 13.0. The Hall–Kier alpha value is -3.33. The number of imidazole rings is 2. The molecule has 4 rings (SSSR count). The number of amides is 1. The number of nitrogens with zero attached hydrogens (tertiary/aromatic N) is 2. The molecule has 7 nitrogen and oxygen atoms in total. The van der Waals surface area contributed by atoms with E-state index in [9.17, 15) is 14.0 Å². The number of H-pyrrole nitrogens is 2. The number of nitrogens with one attached hydrogen (secondary N) is 3. The number of halogens is 1. The topological polar surface area (TPSA) is 95.6 Å². The van der Waals surface area contributed by atoms with Gasteiger partial charge in [0.2, 0.25) is 0 Å². The Balaban J connectivity index is 1.69. The number of hydrogen-bond donors (Lipinski definition) is 3. The lowest BCUT2D eigenvalue weighted by Crippen LogP contribution is -2.16. The van der Waals surface area contributed by atoms with E-state index in [0.717, 1.165) is 0 Å². The Bertz CT molecular complexity index is 1190. The number of aromatic amines is 2. The van der Waals surface area contributed by atoms with Crippen molar-refractivity contribution in [2.24, 2.45) is 0 Å². The van der Waals surface area contributed by atoms with E-state index < -0.39 is 0 Å². The van der Waals surface area contributed by atoms with Crippen LogP contribution in [0.4, 0.5) is 10.1 Å². The molecule has 2 aromatic heterocycles. The largest absolute Gasteiger partial charge is 0.323 e. The summed E-state index contributed by atoms with van der Waals surface area (Å²) in [5.41, 5.74) is 2.41. The van der Waals surface area contributed by atoms with Crippen molar-refractivity contribution in [1.82, 2.24) is 19.5 Å². The average Bonchev–Trinajstić information content (AvgIpc) is 3.24. The van der Waals surface area contributed by atoms with Gasteiger partial charge in [0.1, 0.15) is 11.5 Å². The number of thioether (sulfide) groups is 1. The first-order valence-corrected chi connectivity index (χ1v) is 9.19. The summed E-state index contributed by atoms with van der Waals surface area (Å²) in [6.45, 7) is 0. The number of hydrogen-bond acceptors (Lipinski definition) is 4. The van der Waals surface area contributed by atoms with Crippen LogP contribution in [0.1, 0.15) is 10.5 Å². The summed E-state index contributed by atoms with van der Waals surface area (Å²) in [6, 6.07) is 10.9. The fourth-order valence-corrected chi connectivity index (χ4v) is 3.33. The number of rotatable bonds is 4. The minimum atomic E-state index is -0.371. The quantitative estimate of drug-likeness (QED) is 0.472. The van der Waals surface area contributed by atoms with Gasteiger partial charge in [-0.2, -0.15) is 0 Å². The van der Waals surface area contributed by atoms with Crippen molar-refractivity contribution in [3.63, 3.8) is 0 Å². The van der Waals surface area contributed by atoms with E-state index >= 15 is 0 Å². The molecule has 0 radical (unpaired) electrons. The zero-order chi connectivity index (χ0) is 19.0. The van der Waals surface area contributed by atoms with Gasteiger partial charge in [-0.25, -0.2) is 14.2 Å². The van der Waals surface area contributed by atoms with Crippen LogP contribution >= 0.6 is 11.8 Å². The van der Waals surface area contributed by atoms with Crippen LogP contribution in [0, 0.1) is 5.82 Å². The smallest absolute Gasteiger partial charge is 0.321 e. The van der Waals surface area contributed by atoms with Crippen LogP contribution in [-0.4, -0.2) is 31.7 Å².